The molecule has 0 aliphatic heterocycles. The number of amides is 1. The van der Waals surface area contributed by atoms with Crippen LogP contribution in [-0.4, -0.2) is 30.2 Å². The molecule has 0 saturated heterocycles. The van der Waals surface area contributed by atoms with Crippen molar-refractivity contribution in [3.05, 3.63) is 59.6 Å². The minimum Gasteiger partial charge on any atom is -0.497 e. The van der Waals surface area contributed by atoms with E-state index >= 15 is 0 Å². The van der Waals surface area contributed by atoms with Crippen LogP contribution in [0.25, 0.3) is 11.3 Å². The van der Waals surface area contributed by atoms with Crippen molar-refractivity contribution < 1.29 is 27.2 Å². The predicted molar refractivity (Wildman–Crippen MR) is 99.8 cm³/mol. The molecule has 9 heteroatoms. The highest BCUT2D eigenvalue weighted by atomic mass is 19.4. The molecule has 6 nitrogen and oxygen atoms in total. The molecule has 2 aromatic heterocycles. The maximum absolute atomic E-state index is 13.2. The largest absolute Gasteiger partial charge is 0.497 e. The number of nitrogens with zero attached hydrogens (tertiary/aromatic N) is 3. The van der Waals surface area contributed by atoms with Crippen molar-refractivity contribution in [2.75, 3.05) is 19.1 Å². The van der Waals surface area contributed by atoms with Gasteiger partial charge < -0.3 is 14.2 Å². The van der Waals surface area contributed by atoms with Gasteiger partial charge in [-0.15, -0.1) is 0 Å². The quantitative estimate of drug-likeness (QED) is 0.620. The Morgan fingerprint density at radius 3 is 2.59 bits per heavy atom. The SMILES string of the molecule is CCc1onc(-c2cccc(OC)c2)c1C(=O)N(C)c1ccc(C(F)(F)F)nc1. The third kappa shape index (κ3) is 4.08. The van der Waals surface area contributed by atoms with Crippen molar-refractivity contribution in [1.82, 2.24) is 10.1 Å². The fourth-order valence-electron chi connectivity index (χ4n) is 2.79. The summed E-state index contributed by atoms with van der Waals surface area (Å²) in [6.07, 6.45) is -3.13. The molecule has 0 bridgehead atoms. The zero-order chi connectivity index (χ0) is 21.2. The average molecular weight is 405 g/mol. The van der Waals surface area contributed by atoms with Gasteiger partial charge in [0.1, 0.15) is 28.5 Å². The molecule has 2 heterocycles. The van der Waals surface area contributed by atoms with Crippen LogP contribution in [0.2, 0.25) is 0 Å². The molecule has 3 rings (SSSR count). The number of anilines is 1. The van der Waals surface area contributed by atoms with E-state index in [1.807, 2.05) is 6.92 Å². The van der Waals surface area contributed by atoms with Crippen LogP contribution in [0.4, 0.5) is 18.9 Å². The zero-order valence-electron chi connectivity index (χ0n) is 15.9. The standard InChI is InChI=1S/C20H18F3N3O3/c1-4-15-17(18(25-29-15)12-6-5-7-14(10-12)28-3)19(27)26(2)13-8-9-16(24-11-13)20(21,22)23/h5-11H,4H2,1-3H3. The Labute approximate surface area is 164 Å². The molecule has 1 amide bonds. The first-order valence-corrected chi connectivity index (χ1v) is 8.70. The summed E-state index contributed by atoms with van der Waals surface area (Å²) in [6.45, 7) is 1.81. The van der Waals surface area contributed by atoms with Crippen molar-refractivity contribution in [2.45, 2.75) is 19.5 Å². The lowest BCUT2D eigenvalue weighted by atomic mass is 10.0. The van der Waals surface area contributed by atoms with E-state index in [0.29, 0.717) is 29.2 Å². The number of carbonyl (C=O) groups is 1. The van der Waals surface area contributed by atoms with E-state index in [0.717, 1.165) is 12.3 Å². The third-order valence-corrected chi connectivity index (χ3v) is 4.37. The molecule has 1 aromatic carbocycles. The molecule has 29 heavy (non-hydrogen) atoms. The predicted octanol–water partition coefficient (Wildman–Crippen LogP) is 4.60. The first kappa shape index (κ1) is 20.4. The van der Waals surface area contributed by atoms with E-state index in [9.17, 15) is 18.0 Å². The van der Waals surface area contributed by atoms with Gasteiger partial charge in [0.2, 0.25) is 0 Å². The lowest BCUT2D eigenvalue weighted by Gasteiger charge is -2.18. The fraction of sp³-hybridized carbons (Fsp3) is 0.250. The summed E-state index contributed by atoms with van der Waals surface area (Å²) in [5.74, 6) is 0.490. The molecule has 0 atom stereocenters. The van der Waals surface area contributed by atoms with Gasteiger partial charge in [-0.2, -0.15) is 13.2 Å². The fourth-order valence-corrected chi connectivity index (χ4v) is 2.79. The lowest BCUT2D eigenvalue weighted by molar-refractivity contribution is -0.141. The molecule has 0 spiro atoms. The summed E-state index contributed by atoms with van der Waals surface area (Å²) < 4.78 is 48.7. The summed E-state index contributed by atoms with van der Waals surface area (Å²) in [4.78, 5) is 17.8. The number of carbonyl (C=O) groups excluding carboxylic acids is 1. The van der Waals surface area contributed by atoms with Crippen LogP contribution in [0.1, 0.15) is 28.7 Å². The van der Waals surface area contributed by atoms with Crippen molar-refractivity contribution in [1.29, 1.82) is 0 Å². The minimum absolute atomic E-state index is 0.211. The van der Waals surface area contributed by atoms with Crippen LogP contribution in [0.3, 0.4) is 0 Å². The first-order valence-electron chi connectivity index (χ1n) is 8.70. The van der Waals surface area contributed by atoms with Crippen LogP contribution < -0.4 is 9.64 Å². The van der Waals surface area contributed by atoms with E-state index in [2.05, 4.69) is 10.1 Å². The normalized spacial score (nSPS) is 11.4. The first-order chi connectivity index (χ1) is 13.8. The van der Waals surface area contributed by atoms with Crippen molar-refractivity contribution in [2.24, 2.45) is 0 Å². The Hall–Kier alpha value is -3.36. The monoisotopic (exact) mass is 405 g/mol. The van der Waals surface area contributed by atoms with Gasteiger partial charge in [-0.25, -0.2) is 4.98 Å². The number of alkyl halides is 3. The second kappa shape index (κ2) is 7.94. The summed E-state index contributed by atoms with van der Waals surface area (Å²) in [6, 6.07) is 9.01. The second-order valence-electron chi connectivity index (χ2n) is 6.18. The van der Waals surface area contributed by atoms with E-state index in [1.54, 1.807) is 24.3 Å². The maximum atomic E-state index is 13.2. The van der Waals surface area contributed by atoms with E-state index in [1.165, 1.54) is 25.1 Å². The second-order valence-corrected chi connectivity index (χ2v) is 6.18. The van der Waals surface area contributed by atoms with Gasteiger partial charge in [0.05, 0.1) is 19.0 Å². The number of halogens is 3. The van der Waals surface area contributed by atoms with Gasteiger partial charge >= 0.3 is 6.18 Å². The van der Waals surface area contributed by atoms with Crippen LogP contribution in [0, 0.1) is 0 Å². The van der Waals surface area contributed by atoms with Gasteiger partial charge in [0, 0.05) is 19.0 Å². The Balaban J connectivity index is 1.99. The summed E-state index contributed by atoms with van der Waals surface area (Å²) in [5, 5.41) is 4.03. The number of hydrogen-bond donors (Lipinski definition) is 0. The van der Waals surface area contributed by atoms with Gasteiger partial charge in [-0.05, 0) is 24.3 Å². The highest BCUT2D eigenvalue weighted by Crippen LogP contribution is 2.31. The van der Waals surface area contributed by atoms with Crippen molar-refractivity contribution in [3.63, 3.8) is 0 Å². The molecule has 0 fully saturated rings. The van der Waals surface area contributed by atoms with Crippen molar-refractivity contribution in [3.8, 4) is 17.0 Å². The number of benzene rings is 1. The minimum atomic E-state index is -4.55. The zero-order valence-corrected chi connectivity index (χ0v) is 15.9. The number of hydrogen-bond acceptors (Lipinski definition) is 5. The molecule has 0 N–H and O–H groups in total. The number of ether oxygens (including phenoxy) is 1. The van der Waals surface area contributed by atoms with Crippen LogP contribution in [-0.2, 0) is 12.6 Å². The Kier molecular flexibility index (Phi) is 5.58. The summed E-state index contributed by atoms with van der Waals surface area (Å²) in [5.41, 5.74) is 0.372. The van der Waals surface area contributed by atoms with Gasteiger partial charge in [0.15, 0.2) is 0 Å². The summed E-state index contributed by atoms with van der Waals surface area (Å²) >= 11 is 0. The van der Waals surface area contributed by atoms with E-state index < -0.39 is 17.8 Å². The third-order valence-electron chi connectivity index (χ3n) is 4.37. The molecular formula is C20H18F3N3O3. The molecule has 0 aliphatic carbocycles. The van der Waals surface area contributed by atoms with Crippen LogP contribution in [0.15, 0.2) is 47.1 Å². The lowest BCUT2D eigenvalue weighted by Crippen LogP contribution is -2.27. The maximum Gasteiger partial charge on any atom is 0.433 e. The van der Waals surface area contributed by atoms with Gasteiger partial charge in [-0.1, -0.05) is 24.2 Å². The number of pyridine rings is 1. The highest BCUT2D eigenvalue weighted by molar-refractivity contribution is 6.10. The van der Waals surface area contributed by atoms with E-state index in [-0.39, 0.29) is 11.3 Å². The van der Waals surface area contributed by atoms with Crippen LogP contribution in [0.5, 0.6) is 5.75 Å². The molecule has 3 aromatic rings. The Bertz CT molecular complexity index is 1010. The van der Waals surface area contributed by atoms with Crippen LogP contribution >= 0.6 is 0 Å². The smallest absolute Gasteiger partial charge is 0.433 e. The molecule has 152 valence electrons. The number of methoxy groups -OCH3 is 1. The molecule has 0 aliphatic rings. The molecule has 0 unspecified atom stereocenters. The van der Waals surface area contributed by atoms with Crippen molar-refractivity contribution >= 4 is 11.6 Å². The van der Waals surface area contributed by atoms with Gasteiger partial charge in [0.25, 0.3) is 5.91 Å². The van der Waals surface area contributed by atoms with E-state index in [4.69, 9.17) is 9.26 Å². The number of aryl methyl sites for hydroxylation is 1. The topological polar surface area (TPSA) is 68.5 Å². The summed E-state index contributed by atoms with van der Waals surface area (Å²) in [7, 11) is 2.98. The molecule has 0 saturated carbocycles. The Morgan fingerprint density at radius 1 is 1.24 bits per heavy atom. The Morgan fingerprint density at radius 2 is 2.00 bits per heavy atom. The van der Waals surface area contributed by atoms with Gasteiger partial charge in [-0.3, -0.25) is 4.79 Å². The molecular weight excluding hydrogens is 387 g/mol. The number of aromatic nitrogens is 2. The average Bonchev–Trinajstić information content (AvgIpc) is 3.16. The number of rotatable bonds is 5. The highest BCUT2D eigenvalue weighted by Gasteiger charge is 2.33. The molecule has 0 radical (unpaired) electrons.